The van der Waals surface area contributed by atoms with Gasteiger partial charge in [0.25, 0.3) is 11.8 Å². The Balaban J connectivity index is 1.29. The molecule has 164 valence electrons. The number of amides is 3. The summed E-state index contributed by atoms with van der Waals surface area (Å²) < 4.78 is 0. The molecule has 7 nitrogen and oxygen atoms in total. The van der Waals surface area contributed by atoms with Gasteiger partial charge < -0.3 is 15.1 Å². The molecule has 0 bridgehead atoms. The Kier molecular flexibility index (Phi) is 6.99. The second-order valence-corrected chi connectivity index (χ2v) is 8.97. The zero-order chi connectivity index (χ0) is 21.6. The topological polar surface area (TPSA) is 73.0 Å². The second-order valence-electron chi connectivity index (χ2n) is 8.02. The van der Waals surface area contributed by atoms with Crippen molar-refractivity contribution in [1.29, 1.82) is 0 Å². The summed E-state index contributed by atoms with van der Waals surface area (Å²) >= 11 is 1.38. The van der Waals surface area contributed by atoms with Crippen LogP contribution in [-0.2, 0) is 4.79 Å². The highest BCUT2D eigenvalue weighted by atomic mass is 32.1. The number of benzene rings is 1. The molecule has 0 atom stereocenters. The van der Waals surface area contributed by atoms with Crippen LogP contribution in [0.4, 0.5) is 5.69 Å². The number of anilines is 1. The zero-order valence-electron chi connectivity index (χ0n) is 17.6. The Labute approximate surface area is 186 Å². The van der Waals surface area contributed by atoms with Crippen LogP contribution in [0.3, 0.4) is 0 Å². The van der Waals surface area contributed by atoms with Gasteiger partial charge in [-0.25, -0.2) is 0 Å². The predicted molar refractivity (Wildman–Crippen MR) is 121 cm³/mol. The van der Waals surface area contributed by atoms with Gasteiger partial charge in [0.1, 0.15) is 0 Å². The fourth-order valence-corrected chi connectivity index (χ4v) is 4.68. The number of piperazine rings is 1. The van der Waals surface area contributed by atoms with Gasteiger partial charge in [-0.3, -0.25) is 19.3 Å². The number of nitrogens with one attached hydrogen (secondary N) is 1. The van der Waals surface area contributed by atoms with Crippen molar-refractivity contribution < 1.29 is 14.4 Å². The molecular weight excluding hydrogens is 412 g/mol. The highest BCUT2D eigenvalue weighted by Gasteiger charge is 2.25. The van der Waals surface area contributed by atoms with E-state index >= 15 is 0 Å². The molecule has 1 aromatic carbocycles. The largest absolute Gasteiger partial charge is 0.342 e. The van der Waals surface area contributed by atoms with E-state index in [0.717, 1.165) is 25.9 Å². The van der Waals surface area contributed by atoms with Gasteiger partial charge in [0, 0.05) is 50.5 Å². The van der Waals surface area contributed by atoms with E-state index in [9.17, 15) is 14.4 Å². The van der Waals surface area contributed by atoms with Crippen molar-refractivity contribution in [2.24, 2.45) is 0 Å². The van der Waals surface area contributed by atoms with Gasteiger partial charge in [-0.2, -0.15) is 0 Å². The van der Waals surface area contributed by atoms with Gasteiger partial charge in [0.15, 0.2) is 0 Å². The lowest BCUT2D eigenvalue weighted by Crippen LogP contribution is -2.52. The van der Waals surface area contributed by atoms with Crippen LogP contribution in [0.2, 0.25) is 0 Å². The average Bonchev–Trinajstić information content (AvgIpc) is 3.35. The van der Waals surface area contributed by atoms with E-state index in [0.29, 0.717) is 48.9 Å². The molecule has 4 rings (SSSR count). The number of hydrogen-bond donors (Lipinski definition) is 1. The Morgan fingerprint density at radius 3 is 2.35 bits per heavy atom. The van der Waals surface area contributed by atoms with Gasteiger partial charge in [-0.1, -0.05) is 12.1 Å². The van der Waals surface area contributed by atoms with Gasteiger partial charge in [-0.05, 0) is 48.9 Å². The van der Waals surface area contributed by atoms with Gasteiger partial charge in [0.05, 0.1) is 11.4 Å². The van der Waals surface area contributed by atoms with Crippen molar-refractivity contribution in [3.8, 4) is 0 Å². The maximum atomic E-state index is 13.0. The first-order valence-corrected chi connectivity index (χ1v) is 11.7. The quantitative estimate of drug-likeness (QED) is 0.776. The number of carbonyl (C=O) groups is 3. The normalized spacial score (nSPS) is 17.4. The molecular formula is C23H28N4O3S. The van der Waals surface area contributed by atoms with Crippen molar-refractivity contribution in [3.63, 3.8) is 0 Å². The average molecular weight is 441 g/mol. The molecule has 2 aliphatic rings. The number of rotatable bonds is 5. The number of piperidine rings is 1. The standard InChI is InChI=1S/C23H28N4O3S/c28-21(26-9-2-1-3-10-26)17-25-11-13-27(14-12-25)23(30)18-6-4-7-19(16-18)24-22(29)20-8-5-15-31-20/h4-8,15-16H,1-3,9-14,17H2,(H,24,29). The molecule has 2 fully saturated rings. The van der Waals surface area contributed by atoms with Crippen molar-refractivity contribution in [2.75, 3.05) is 51.1 Å². The van der Waals surface area contributed by atoms with Crippen LogP contribution in [0.25, 0.3) is 0 Å². The Morgan fingerprint density at radius 1 is 0.871 bits per heavy atom. The molecule has 0 saturated carbocycles. The lowest BCUT2D eigenvalue weighted by atomic mass is 10.1. The Hall–Kier alpha value is -2.71. The zero-order valence-corrected chi connectivity index (χ0v) is 18.4. The molecule has 3 heterocycles. The minimum Gasteiger partial charge on any atom is -0.342 e. The Bertz CT molecular complexity index is 917. The van der Waals surface area contributed by atoms with Crippen LogP contribution >= 0.6 is 11.3 Å². The van der Waals surface area contributed by atoms with E-state index in [-0.39, 0.29) is 17.7 Å². The van der Waals surface area contributed by atoms with Crippen LogP contribution in [0.1, 0.15) is 39.3 Å². The first-order chi connectivity index (χ1) is 15.1. The molecule has 2 aliphatic heterocycles. The highest BCUT2D eigenvalue weighted by Crippen LogP contribution is 2.17. The number of likely N-dealkylation sites (tertiary alicyclic amines) is 1. The summed E-state index contributed by atoms with van der Waals surface area (Å²) in [6.45, 7) is 4.76. The summed E-state index contributed by atoms with van der Waals surface area (Å²) in [7, 11) is 0. The molecule has 0 radical (unpaired) electrons. The van der Waals surface area contributed by atoms with Crippen molar-refractivity contribution in [1.82, 2.24) is 14.7 Å². The SMILES string of the molecule is O=C(Nc1cccc(C(=O)N2CCN(CC(=O)N3CCCCC3)CC2)c1)c1cccs1. The van der Waals surface area contributed by atoms with E-state index in [4.69, 9.17) is 0 Å². The number of thiophene rings is 1. The summed E-state index contributed by atoms with van der Waals surface area (Å²) in [5.41, 5.74) is 1.16. The number of carbonyl (C=O) groups excluding carboxylic acids is 3. The highest BCUT2D eigenvalue weighted by molar-refractivity contribution is 7.12. The number of nitrogens with zero attached hydrogens (tertiary/aromatic N) is 3. The molecule has 2 saturated heterocycles. The van der Waals surface area contributed by atoms with Crippen molar-refractivity contribution >= 4 is 34.7 Å². The molecule has 31 heavy (non-hydrogen) atoms. The van der Waals surface area contributed by atoms with Crippen LogP contribution in [0.5, 0.6) is 0 Å². The molecule has 0 aliphatic carbocycles. The summed E-state index contributed by atoms with van der Waals surface area (Å²) in [6.07, 6.45) is 3.41. The fraction of sp³-hybridized carbons (Fsp3) is 0.435. The van der Waals surface area contributed by atoms with E-state index in [1.807, 2.05) is 21.2 Å². The van der Waals surface area contributed by atoms with Crippen LogP contribution in [0, 0.1) is 0 Å². The summed E-state index contributed by atoms with van der Waals surface area (Å²) in [5.74, 6) is -0.0190. The molecule has 8 heteroatoms. The first kappa shape index (κ1) is 21.5. The molecule has 0 spiro atoms. The molecule has 1 N–H and O–H groups in total. The number of hydrogen-bond acceptors (Lipinski definition) is 5. The summed E-state index contributed by atoms with van der Waals surface area (Å²) in [6, 6.07) is 10.7. The smallest absolute Gasteiger partial charge is 0.265 e. The van der Waals surface area contributed by atoms with E-state index in [1.54, 1.807) is 30.3 Å². The second kappa shape index (κ2) is 10.1. The predicted octanol–water partition coefficient (Wildman–Crippen LogP) is 2.77. The summed E-state index contributed by atoms with van der Waals surface area (Å²) in [5, 5.41) is 4.71. The van der Waals surface area contributed by atoms with Crippen LogP contribution < -0.4 is 5.32 Å². The minimum absolute atomic E-state index is 0.0470. The fourth-order valence-electron chi connectivity index (χ4n) is 4.06. The van der Waals surface area contributed by atoms with E-state index in [1.165, 1.54) is 17.8 Å². The molecule has 2 aromatic rings. The van der Waals surface area contributed by atoms with Gasteiger partial charge >= 0.3 is 0 Å². The molecule has 0 unspecified atom stereocenters. The Morgan fingerprint density at radius 2 is 1.65 bits per heavy atom. The third kappa shape index (κ3) is 5.51. The van der Waals surface area contributed by atoms with Crippen LogP contribution in [0.15, 0.2) is 41.8 Å². The molecule has 3 amide bonds. The van der Waals surface area contributed by atoms with E-state index < -0.39 is 0 Å². The maximum absolute atomic E-state index is 13.0. The monoisotopic (exact) mass is 440 g/mol. The van der Waals surface area contributed by atoms with Crippen molar-refractivity contribution in [3.05, 3.63) is 52.2 Å². The maximum Gasteiger partial charge on any atom is 0.265 e. The van der Waals surface area contributed by atoms with Gasteiger partial charge in [-0.15, -0.1) is 11.3 Å². The lowest BCUT2D eigenvalue weighted by molar-refractivity contribution is -0.133. The van der Waals surface area contributed by atoms with E-state index in [2.05, 4.69) is 10.2 Å². The van der Waals surface area contributed by atoms with Gasteiger partial charge in [0.2, 0.25) is 5.91 Å². The van der Waals surface area contributed by atoms with Crippen LogP contribution in [-0.4, -0.2) is 78.2 Å². The molecule has 1 aromatic heterocycles. The first-order valence-electron chi connectivity index (χ1n) is 10.8. The summed E-state index contributed by atoms with van der Waals surface area (Å²) in [4.78, 5) is 44.3. The third-order valence-corrected chi connectivity index (χ3v) is 6.71. The minimum atomic E-state index is -0.174. The van der Waals surface area contributed by atoms with Crippen molar-refractivity contribution in [2.45, 2.75) is 19.3 Å². The third-order valence-electron chi connectivity index (χ3n) is 5.84. The lowest BCUT2D eigenvalue weighted by Gasteiger charge is -2.36.